The van der Waals surface area contributed by atoms with Gasteiger partial charge in [-0.05, 0) is 18.9 Å². The smallest absolute Gasteiger partial charge is 0.534 e. The van der Waals surface area contributed by atoms with E-state index in [2.05, 4.69) is 4.18 Å². The van der Waals surface area contributed by atoms with Crippen LogP contribution < -0.4 is 5.11 Å². The van der Waals surface area contributed by atoms with Gasteiger partial charge in [-0.15, -0.1) is 0 Å². The molecule has 1 atom stereocenters. The predicted octanol–water partition coefficient (Wildman–Crippen LogP) is 0.677. The van der Waals surface area contributed by atoms with Crippen LogP contribution in [0.25, 0.3) is 0 Å². The van der Waals surface area contributed by atoms with Gasteiger partial charge >= 0.3 is 15.6 Å². The van der Waals surface area contributed by atoms with Crippen molar-refractivity contribution in [2.75, 3.05) is 0 Å². The summed E-state index contributed by atoms with van der Waals surface area (Å²) in [7, 11) is -5.69. The van der Waals surface area contributed by atoms with Gasteiger partial charge in [-0.25, -0.2) is 0 Å². The summed E-state index contributed by atoms with van der Waals surface area (Å²) in [5, 5.41) is 10.7. The van der Waals surface area contributed by atoms with Gasteiger partial charge in [0.05, 0.1) is 0 Å². The average molecular weight is 287 g/mol. The highest BCUT2D eigenvalue weighted by atomic mass is 32.2. The van der Waals surface area contributed by atoms with Gasteiger partial charge in [0.25, 0.3) is 0 Å². The maximum atomic E-state index is 12.0. The van der Waals surface area contributed by atoms with Crippen LogP contribution in [0.3, 0.4) is 0 Å². The third-order valence-corrected chi connectivity index (χ3v) is 3.70. The number of alkyl halides is 3. The standard InChI is InChI=1S/C9H11F3O5S/c1-8(7(13)14)4-2-6(3-5-8)17-18(15,16)9(10,11)12/h2H,3-5H2,1H3,(H,13,14)/p-1. The van der Waals surface area contributed by atoms with E-state index in [1.165, 1.54) is 6.92 Å². The van der Waals surface area contributed by atoms with Crippen molar-refractivity contribution in [3.8, 4) is 0 Å². The van der Waals surface area contributed by atoms with Crippen LogP contribution in [0, 0.1) is 5.41 Å². The lowest BCUT2D eigenvalue weighted by Gasteiger charge is -2.33. The summed E-state index contributed by atoms with van der Waals surface area (Å²) in [6, 6.07) is 0. The van der Waals surface area contributed by atoms with E-state index in [1.54, 1.807) is 0 Å². The highest BCUT2D eigenvalue weighted by Crippen LogP contribution is 2.37. The molecule has 18 heavy (non-hydrogen) atoms. The minimum absolute atomic E-state index is 0.0471. The van der Waals surface area contributed by atoms with Gasteiger partial charge in [-0.3, -0.25) is 0 Å². The van der Waals surface area contributed by atoms with E-state index >= 15 is 0 Å². The number of aliphatic carboxylic acids is 1. The second kappa shape index (κ2) is 4.45. The van der Waals surface area contributed by atoms with Crippen LogP contribution >= 0.6 is 0 Å². The largest absolute Gasteiger partial charge is 0.550 e. The van der Waals surface area contributed by atoms with Crippen LogP contribution in [-0.2, 0) is 19.1 Å². The van der Waals surface area contributed by atoms with E-state index < -0.39 is 32.8 Å². The molecule has 0 aromatic carbocycles. The monoisotopic (exact) mass is 287 g/mol. The zero-order valence-electron chi connectivity index (χ0n) is 9.28. The molecule has 0 N–H and O–H groups in total. The molecule has 9 heteroatoms. The number of allylic oxidation sites excluding steroid dienone is 2. The van der Waals surface area contributed by atoms with Crippen LogP contribution in [0.4, 0.5) is 13.2 Å². The zero-order valence-corrected chi connectivity index (χ0v) is 10.1. The SMILES string of the molecule is CC1(C(=O)[O-])CC=C(OS(=O)(=O)C(F)(F)F)CC1. The van der Waals surface area contributed by atoms with E-state index in [-0.39, 0.29) is 19.3 Å². The minimum atomic E-state index is -5.69. The van der Waals surface area contributed by atoms with Crippen molar-refractivity contribution in [1.29, 1.82) is 0 Å². The molecular weight excluding hydrogens is 277 g/mol. The van der Waals surface area contributed by atoms with E-state index in [4.69, 9.17) is 0 Å². The van der Waals surface area contributed by atoms with Gasteiger partial charge in [0.2, 0.25) is 0 Å². The Hall–Kier alpha value is -1.25. The summed E-state index contributed by atoms with van der Waals surface area (Å²) in [5.74, 6) is -1.73. The maximum absolute atomic E-state index is 12.0. The second-order valence-electron chi connectivity index (χ2n) is 4.21. The molecule has 0 saturated carbocycles. The molecule has 5 nitrogen and oxygen atoms in total. The van der Waals surface area contributed by atoms with Gasteiger partial charge in [-0.2, -0.15) is 21.6 Å². The number of carbonyl (C=O) groups excluding carboxylic acids is 1. The van der Waals surface area contributed by atoms with Crippen molar-refractivity contribution in [3.63, 3.8) is 0 Å². The van der Waals surface area contributed by atoms with Crippen LogP contribution in [-0.4, -0.2) is 19.9 Å². The van der Waals surface area contributed by atoms with E-state index in [0.29, 0.717) is 0 Å². The number of hydrogen-bond acceptors (Lipinski definition) is 5. The number of carboxylic acid groups (broad SMARTS) is 1. The number of carboxylic acids is 1. The first-order valence-electron chi connectivity index (χ1n) is 4.89. The molecule has 1 aliphatic carbocycles. The van der Waals surface area contributed by atoms with Gasteiger partial charge in [0.15, 0.2) is 0 Å². The Bertz CT molecular complexity index is 479. The molecule has 1 unspecified atom stereocenters. The topological polar surface area (TPSA) is 83.5 Å². The number of carbonyl (C=O) groups is 1. The molecule has 1 rings (SSSR count). The first-order valence-corrected chi connectivity index (χ1v) is 6.30. The number of halogens is 3. The normalized spacial score (nSPS) is 25.4. The third kappa shape index (κ3) is 2.95. The Labute approximate surface area is 101 Å². The summed E-state index contributed by atoms with van der Waals surface area (Å²) in [6.07, 6.45) is 0.634. The van der Waals surface area contributed by atoms with Crippen molar-refractivity contribution in [3.05, 3.63) is 11.8 Å². The van der Waals surface area contributed by atoms with Gasteiger partial charge in [0.1, 0.15) is 5.76 Å². The summed E-state index contributed by atoms with van der Waals surface area (Å²) < 4.78 is 61.4. The lowest BCUT2D eigenvalue weighted by atomic mass is 9.78. The molecular formula is C9H10F3O5S-. The van der Waals surface area contributed by atoms with Crippen molar-refractivity contribution in [2.24, 2.45) is 5.41 Å². The molecule has 1 aliphatic rings. The Balaban J connectivity index is 2.81. The summed E-state index contributed by atoms with van der Waals surface area (Å²) in [4.78, 5) is 10.7. The molecule has 0 aromatic heterocycles. The zero-order chi connectivity index (χ0) is 14.2. The van der Waals surface area contributed by atoms with Crippen molar-refractivity contribution >= 4 is 16.1 Å². The van der Waals surface area contributed by atoms with Crippen LogP contribution in [0.2, 0.25) is 0 Å². The number of hydrogen-bond donors (Lipinski definition) is 0. The van der Waals surface area contributed by atoms with E-state index in [1.807, 2.05) is 0 Å². The highest BCUT2D eigenvalue weighted by Gasteiger charge is 2.49. The Morgan fingerprint density at radius 3 is 2.39 bits per heavy atom. The number of rotatable bonds is 3. The van der Waals surface area contributed by atoms with Gasteiger partial charge < -0.3 is 14.1 Å². The fourth-order valence-corrected chi connectivity index (χ4v) is 1.92. The maximum Gasteiger partial charge on any atom is 0.534 e. The van der Waals surface area contributed by atoms with Crippen molar-refractivity contribution in [1.82, 2.24) is 0 Å². The molecule has 0 amide bonds. The molecule has 0 aliphatic heterocycles. The van der Waals surface area contributed by atoms with Crippen LogP contribution in [0.15, 0.2) is 11.8 Å². The summed E-state index contributed by atoms with van der Waals surface area (Å²) in [6.45, 7) is 1.37. The summed E-state index contributed by atoms with van der Waals surface area (Å²) in [5.41, 5.74) is -6.71. The fourth-order valence-electron chi connectivity index (χ4n) is 1.39. The van der Waals surface area contributed by atoms with Crippen molar-refractivity contribution < 1.29 is 35.7 Å². The third-order valence-electron chi connectivity index (χ3n) is 2.70. The molecule has 0 fully saturated rings. The van der Waals surface area contributed by atoms with Crippen LogP contribution in [0.1, 0.15) is 26.2 Å². The molecule has 0 spiro atoms. The van der Waals surface area contributed by atoms with Crippen LogP contribution in [0.5, 0.6) is 0 Å². The average Bonchev–Trinajstić information content (AvgIpc) is 2.19. The lowest BCUT2D eigenvalue weighted by Crippen LogP contribution is -2.41. The molecule has 0 heterocycles. The summed E-state index contributed by atoms with van der Waals surface area (Å²) >= 11 is 0. The molecule has 0 bridgehead atoms. The van der Waals surface area contributed by atoms with E-state index in [9.17, 15) is 31.5 Å². The second-order valence-corrected chi connectivity index (χ2v) is 5.74. The Kier molecular flexibility index (Phi) is 3.66. The van der Waals surface area contributed by atoms with Gasteiger partial charge in [0, 0.05) is 17.8 Å². The van der Waals surface area contributed by atoms with Crippen molar-refractivity contribution in [2.45, 2.75) is 31.7 Å². The molecule has 0 radical (unpaired) electrons. The predicted molar refractivity (Wildman–Crippen MR) is 51.1 cm³/mol. The Morgan fingerprint density at radius 1 is 1.50 bits per heavy atom. The first-order chi connectivity index (χ1) is 7.98. The molecule has 104 valence electrons. The first kappa shape index (κ1) is 14.8. The minimum Gasteiger partial charge on any atom is -0.550 e. The quantitative estimate of drug-likeness (QED) is 0.563. The molecule has 0 aromatic rings. The highest BCUT2D eigenvalue weighted by molar-refractivity contribution is 7.87. The van der Waals surface area contributed by atoms with E-state index in [0.717, 1.165) is 6.08 Å². The Morgan fingerprint density at radius 2 is 2.06 bits per heavy atom. The molecule has 0 saturated heterocycles. The lowest BCUT2D eigenvalue weighted by molar-refractivity contribution is -0.319. The fraction of sp³-hybridized carbons (Fsp3) is 0.667. The van der Waals surface area contributed by atoms with Gasteiger partial charge in [-0.1, -0.05) is 6.92 Å².